The molecule has 0 saturated carbocycles. The number of carbonyl (C=O) groups excluding carboxylic acids is 1. The van der Waals surface area contributed by atoms with Crippen LogP contribution in [0, 0.1) is 12.7 Å². The Morgan fingerprint density at radius 1 is 1.20 bits per heavy atom. The number of anilines is 1. The molecule has 3 rings (SSSR count). The Morgan fingerprint density at radius 3 is 2.72 bits per heavy atom. The van der Waals surface area contributed by atoms with E-state index in [-0.39, 0.29) is 18.1 Å². The number of aromatic nitrogens is 1. The van der Waals surface area contributed by atoms with Crippen molar-refractivity contribution in [2.75, 3.05) is 5.32 Å². The molecule has 1 heterocycles. The number of halogens is 1. The summed E-state index contributed by atoms with van der Waals surface area (Å²) in [6, 6.07) is 14.4. The van der Waals surface area contributed by atoms with Gasteiger partial charge >= 0.3 is 0 Å². The Kier molecular flexibility index (Phi) is 5.83. The van der Waals surface area contributed by atoms with E-state index in [1.54, 1.807) is 12.1 Å². The van der Waals surface area contributed by atoms with Crippen molar-refractivity contribution in [3.63, 3.8) is 0 Å². The third-order valence-electron chi connectivity index (χ3n) is 3.52. The van der Waals surface area contributed by atoms with E-state index < -0.39 is 0 Å². The summed E-state index contributed by atoms with van der Waals surface area (Å²) in [5.41, 5.74) is 3.31. The van der Waals surface area contributed by atoms with Gasteiger partial charge in [-0.2, -0.15) is 0 Å². The van der Waals surface area contributed by atoms with Gasteiger partial charge in [0.2, 0.25) is 5.91 Å². The molecule has 0 unspecified atom stereocenters. The van der Waals surface area contributed by atoms with Crippen LogP contribution in [0.3, 0.4) is 0 Å². The molecule has 6 heteroatoms. The number of hydrogen-bond donors (Lipinski definition) is 1. The molecule has 1 aromatic heterocycles. The van der Waals surface area contributed by atoms with Gasteiger partial charge in [-0.3, -0.25) is 4.79 Å². The summed E-state index contributed by atoms with van der Waals surface area (Å²) in [6.45, 7) is 2.00. The summed E-state index contributed by atoms with van der Waals surface area (Å²) in [7, 11) is 0. The van der Waals surface area contributed by atoms with Gasteiger partial charge in [0.1, 0.15) is 10.2 Å². The van der Waals surface area contributed by atoms with Gasteiger partial charge < -0.3 is 5.32 Å². The number of nitrogens with one attached hydrogen (secondary N) is 1. The second-order valence-electron chi connectivity index (χ2n) is 5.58. The molecule has 0 aliphatic heterocycles. The fraction of sp³-hybridized carbons (Fsp3) is 0.158. The van der Waals surface area contributed by atoms with Crippen molar-refractivity contribution >= 4 is 34.7 Å². The Bertz CT molecular complexity index is 862. The van der Waals surface area contributed by atoms with Crippen LogP contribution in [0.25, 0.3) is 0 Å². The third-order valence-corrected chi connectivity index (χ3v) is 5.64. The van der Waals surface area contributed by atoms with Crippen LogP contribution in [-0.2, 0) is 17.0 Å². The summed E-state index contributed by atoms with van der Waals surface area (Å²) >= 11 is 2.95. The minimum absolute atomic E-state index is 0.0974. The van der Waals surface area contributed by atoms with E-state index in [4.69, 9.17) is 0 Å². The highest BCUT2D eigenvalue weighted by Crippen LogP contribution is 2.27. The SMILES string of the molecule is Cc1ccc(NC(=O)Cc2csc(SCc3ccccc3F)n2)cc1. The first-order chi connectivity index (χ1) is 12.1. The minimum Gasteiger partial charge on any atom is -0.326 e. The molecule has 0 aliphatic rings. The van der Waals surface area contributed by atoms with Crippen LogP contribution in [0.1, 0.15) is 16.8 Å². The van der Waals surface area contributed by atoms with Crippen molar-refractivity contribution in [2.24, 2.45) is 0 Å². The smallest absolute Gasteiger partial charge is 0.230 e. The lowest BCUT2D eigenvalue weighted by Crippen LogP contribution is -2.14. The van der Waals surface area contributed by atoms with Gasteiger partial charge in [0, 0.05) is 16.8 Å². The molecule has 3 aromatic rings. The fourth-order valence-corrected chi connectivity index (χ4v) is 4.03. The van der Waals surface area contributed by atoms with Gasteiger partial charge in [-0.1, -0.05) is 47.7 Å². The van der Waals surface area contributed by atoms with Crippen molar-refractivity contribution in [1.29, 1.82) is 0 Å². The van der Waals surface area contributed by atoms with Crippen molar-refractivity contribution in [2.45, 2.75) is 23.4 Å². The second-order valence-corrected chi connectivity index (χ2v) is 7.66. The number of carbonyl (C=O) groups is 1. The predicted octanol–water partition coefficient (Wildman–Crippen LogP) is 5.06. The molecular formula is C19H17FN2OS2. The Morgan fingerprint density at radius 2 is 1.96 bits per heavy atom. The number of benzene rings is 2. The van der Waals surface area contributed by atoms with Gasteiger partial charge in [0.15, 0.2) is 0 Å². The number of rotatable bonds is 6. The Balaban J connectivity index is 1.53. The number of thiazole rings is 1. The van der Waals surface area contributed by atoms with Crippen LogP contribution >= 0.6 is 23.1 Å². The van der Waals surface area contributed by atoms with E-state index in [2.05, 4.69) is 10.3 Å². The quantitative estimate of drug-likeness (QED) is 0.615. The van der Waals surface area contributed by atoms with Gasteiger partial charge in [-0.25, -0.2) is 9.37 Å². The van der Waals surface area contributed by atoms with E-state index in [0.717, 1.165) is 21.3 Å². The lowest BCUT2D eigenvalue weighted by molar-refractivity contribution is -0.115. The van der Waals surface area contributed by atoms with Gasteiger partial charge in [0.05, 0.1) is 12.1 Å². The van der Waals surface area contributed by atoms with Crippen LogP contribution < -0.4 is 5.32 Å². The predicted molar refractivity (Wildman–Crippen MR) is 102 cm³/mol. The lowest BCUT2D eigenvalue weighted by atomic mass is 10.2. The maximum atomic E-state index is 13.6. The van der Waals surface area contributed by atoms with Gasteiger partial charge in [-0.15, -0.1) is 11.3 Å². The molecule has 0 bridgehead atoms. The monoisotopic (exact) mass is 372 g/mol. The molecule has 1 amide bonds. The number of hydrogen-bond acceptors (Lipinski definition) is 4. The van der Waals surface area contributed by atoms with Crippen LogP contribution in [0.4, 0.5) is 10.1 Å². The minimum atomic E-state index is -0.204. The van der Waals surface area contributed by atoms with Crippen molar-refractivity contribution in [3.8, 4) is 0 Å². The molecule has 25 heavy (non-hydrogen) atoms. The third kappa shape index (κ3) is 5.14. The molecule has 0 spiro atoms. The number of thioether (sulfide) groups is 1. The van der Waals surface area contributed by atoms with E-state index in [9.17, 15) is 9.18 Å². The number of nitrogens with zero attached hydrogens (tertiary/aromatic N) is 1. The van der Waals surface area contributed by atoms with Crippen molar-refractivity contribution in [1.82, 2.24) is 4.98 Å². The zero-order chi connectivity index (χ0) is 17.6. The molecule has 128 valence electrons. The van der Waals surface area contributed by atoms with Crippen LogP contribution in [-0.4, -0.2) is 10.9 Å². The molecule has 3 nitrogen and oxygen atoms in total. The average Bonchev–Trinajstić information content (AvgIpc) is 3.03. The Labute approximate surface area is 154 Å². The standard InChI is InChI=1S/C19H17FN2OS2/c1-13-6-8-15(9-7-13)21-18(23)10-16-12-25-19(22-16)24-11-14-4-2-3-5-17(14)20/h2-9,12H,10-11H2,1H3,(H,21,23). The molecular weight excluding hydrogens is 355 g/mol. The molecule has 1 N–H and O–H groups in total. The zero-order valence-corrected chi connectivity index (χ0v) is 15.3. The molecule has 0 atom stereocenters. The molecule has 0 aliphatic carbocycles. The maximum absolute atomic E-state index is 13.6. The average molecular weight is 372 g/mol. The van der Waals surface area contributed by atoms with Crippen LogP contribution in [0.2, 0.25) is 0 Å². The summed E-state index contributed by atoms with van der Waals surface area (Å²) in [4.78, 5) is 16.5. The summed E-state index contributed by atoms with van der Waals surface area (Å²) < 4.78 is 14.5. The highest BCUT2D eigenvalue weighted by molar-refractivity contribution is 8.00. The van der Waals surface area contributed by atoms with Crippen molar-refractivity contribution < 1.29 is 9.18 Å². The summed E-state index contributed by atoms with van der Waals surface area (Å²) in [5, 5.41) is 4.73. The van der Waals surface area contributed by atoms with E-state index >= 15 is 0 Å². The fourth-order valence-electron chi connectivity index (χ4n) is 2.20. The first kappa shape index (κ1) is 17.6. The van der Waals surface area contributed by atoms with Crippen LogP contribution in [0.5, 0.6) is 0 Å². The van der Waals surface area contributed by atoms with E-state index in [0.29, 0.717) is 11.3 Å². The highest BCUT2D eigenvalue weighted by Gasteiger charge is 2.09. The van der Waals surface area contributed by atoms with E-state index in [1.807, 2.05) is 42.6 Å². The summed E-state index contributed by atoms with van der Waals surface area (Å²) in [6.07, 6.45) is 0.227. The number of aryl methyl sites for hydroxylation is 1. The zero-order valence-electron chi connectivity index (χ0n) is 13.7. The second kappa shape index (κ2) is 8.27. The normalized spacial score (nSPS) is 10.6. The van der Waals surface area contributed by atoms with E-state index in [1.165, 1.54) is 29.2 Å². The van der Waals surface area contributed by atoms with Crippen LogP contribution in [0.15, 0.2) is 58.3 Å². The molecule has 0 radical (unpaired) electrons. The first-order valence-electron chi connectivity index (χ1n) is 7.77. The van der Waals surface area contributed by atoms with Gasteiger partial charge in [-0.05, 0) is 30.7 Å². The largest absolute Gasteiger partial charge is 0.326 e. The van der Waals surface area contributed by atoms with Crippen molar-refractivity contribution in [3.05, 3.63) is 76.5 Å². The lowest BCUT2D eigenvalue weighted by Gasteiger charge is -2.04. The molecule has 0 fully saturated rings. The highest BCUT2D eigenvalue weighted by atomic mass is 32.2. The summed E-state index contributed by atoms with van der Waals surface area (Å²) in [5.74, 6) is 0.221. The first-order valence-corrected chi connectivity index (χ1v) is 9.64. The Hall–Kier alpha value is -2.18. The molecule has 0 saturated heterocycles. The van der Waals surface area contributed by atoms with Gasteiger partial charge in [0.25, 0.3) is 0 Å². The maximum Gasteiger partial charge on any atom is 0.230 e. The topological polar surface area (TPSA) is 42.0 Å². The number of amides is 1. The molecule has 2 aromatic carbocycles.